The Morgan fingerprint density at radius 2 is 0.730 bits per heavy atom. The third-order valence-electron chi connectivity index (χ3n) is 13.3. The lowest BCUT2D eigenvalue weighted by Crippen LogP contribution is -2.17. The predicted octanol–water partition coefficient (Wildman–Crippen LogP) is 16.2. The lowest BCUT2D eigenvalue weighted by molar-refractivity contribution is 0.668. The van der Waals surface area contributed by atoms with Gasteiger partial charge in [0.25, 0.3) is 0 Å². The van der Waals surface area contributed by atoms with Crippen LogP contribution in [0.2, 0.25) is 0 Å². The molecule has 1 heterocycles. The minimum Gasteiger partial charge on any atom is -0.228 e. The zero-order valence-electron chi connectivity index (χ0n) is 35.2. The molecular weight excluding hydrogens is 761 g/mol. The molecule has 0 saturated heterocycles. The molecule has 0 bridgehead atoms. The SMILES string of the molecule is CC1(C)c2c(cccc2-c2ccc(-c3ccc(-c4cc(-c5cccc(-c6ccccc6)c5)nc(-c5ccccc5)n4)c4ccccc34)c3ccccc23)-c2ccc3ccccc3c21. The Morgan fingerprint density at radius 3 is 1.40 bits per heavy atom. The highest BCUT2D eigenvalue weighted by molar-refractivity contribution is 6.13. The summed E-state index contributed by atoms with van der Waals surface area (Å²) >= 11 is 0. The molecule has 10 aromatic carbocycles. The molecule has 0 saturated carbocycles. The van der Waals surface area contributed by atoms with Crippen LogP contribution in [0, 0.1) is 0 Å². The number of fused-ring (bicyclic) bond motifs is 7. The summed E-state index contributed by atoms with van der Waals surface area (Å²) in [6.45, 7) is 4.81. The van der Waals surface area contributed by atoms with Crippen molar-refractivity contribution in [1.82, 2.24) is 9.97 Å². The summed E-state index contributed by atoms with van der Waals surface area (Å²) in [5.41, 5.74) is 17.5. The molecule has 63 heavy (non-hydrogen) atoms. The van der Waals surface area contributed by atoms with Crippen molar-refractivity contribution < 1.29 is 0 Å². The molecule has 0 atom stereocenters. The van der Waals surface area contributed by atoms with Crippen LogP contribution < -0.4 is 0 Å². The van der Waals surface area contributed by atoms with E-state index in [0.29, 0.717) is 5.82 Å². The standard InChI is InChI=1S/C61H42N2/c1-61(2)58-44-24-10-9-19-40(44)31-32-55(58)54-30-16-29-53(59(54)61)51-34-33-49(45-25-11-12-26-46(45)51)50-35-36-52(48-28-14-13-27-47(48)50)57-38-56(62-60(63-57)41-20-7-4-8-21-41)43-23-15-22-42(37-43)39-17-5-3-6-18-39/h3-38H,1-2H3. The zero-order chi connectivity index (χ0) is 42.1. The lowest BCUT2D eigenvalue weighted by atomic mass is 9.76. The quantitative estimate of drug-likeness (QED) is 0.167. The molecule has 1 aliphatic rings. The van der Waals surface area contributed by atoms with Crippen LogP contribution in [0.5, 0.6) is 0 Å². The van der Waals surface area contributed by atoms with Crippen molar-refractivity contribution in [3.05, 3.63) is 230 Å². The number of hydrogen-bond acceptors (Lipinski definition) is 2. The molecule has 0 aliphatic heterocycles. The van der Waals surface area contributed by atoms with Gasteiger partial charge in [-0.3, -0.25) is 0 Å². The Balaban J connectivity index is 1.01. The van der Waals surface area contributed by atoms with Crippen LogP contribution in [-0.4, -0.2) is 9.97 Å². The highest BCUT2D eigenvalue weighted by atomic mass is 14.9. The van der Waals surface area contributed by atoms with Crippen molar-refractivity contribution >= 4 is 32.3 Å². The average molecular weight is 803 g/mol. The van der Waals surface area contributed by atoms with Crippen LogP contribution >= 0.6 is 0 Å². The van der Waals surface area contributed by atoms with Crippen molar-refractivity contribution in [3.63, 3.8) is 0 Å². The van der Waals surface area contributed by atoms with Gasteiger partial charge in [0.2, 0.25) is 0 Å². The van der Waals surface area contributed by atoms with Gasteiger partial charge in [0.05, 0.1) is 11.4 Å². The van der Waals surface area contributed by atoms with Gasteiger partial charge in [0, 0.05) is 22.1 Å². The van der Waals surface area contributed by atoms with E-state index in [1.807, 2.05) is 18.2 Å². The molecule has 0 N–H and O–H groups in total. The lowest BCUT2D eigenvalue weighted by Gasteiger charge is -2.26. The molecular formula is C61H42N2. The molecule has 0 spiro atoms. The molecule has 12 rings (SSSR count). The average Bonchev–Trinajstić information content (AvgIpc) is 3.60. The van der Waals surface area contributed by atoms with Gasteiger partial charge in [0.15, 0.2) is 5.82 Å². The number of aromatic nitrogens is 2. The molecule has 0 fully saturated rings. The van der Waals surface area contributed by atoms with Crippen LogP contribution in [-0.2, 0) is 5.41 Å². The van der Waals surface area contributed by atoms with Crippen molar-refractivity contribution in [3.8, 4) is 78.4 Å². The third-order valence-corrected chi connectivity index (χ3v) is 13.3. The molecule has 0 radical (unpaired) electrons. The van der Waals surface area contributed by atoms with Crippen molar-refractivity contribution in [2.24, 2.45) is 0 Å². The van der Waals surface area contributed by atoms with Crippen molar-refractivity contribution in [2.45, 2.75) is 19.3 Å². The summed E-state index contributed by atoms with van der Waals surface area (Å²) in [6, 6.07) is 79.0. The first-order chi connectivity index (χ1) is 31.0. The molecule has 2 nitrogen and oxygen atoms in total. The Kier molecular flexibility index (Phi) is 8.55. The second-order valence-electron chi connectivity index (χ2n) is 17.2. The van der Waals surface area contributed by atoms with E-state index in [1.54, 1.807) is 0 Å². The van der Waals surface area contributed by atoms with Gasteiger partial charge in [-0.25, -0.2) is 9.97 Å². The maximum absolute atomic E-state index is 5.29. The molecule has 1 aromatic heterocycles. The highest BCUT2D eigenvalue weighted by Gasteiger charge is 2.39. The Hall–Kier alpha value is -7.94. The number of nitrogens with zero attached hydrogens (tertiary/aromatic N) is 2. The monoisotopic (exact) mass is 802 g/mol. The smallest absolute Gasteiger partial charge is 0.160 e. The van der Waals surface area contributed by atoms with Gasteiger partial charge in [-0.15, -0.1) is 0 Å². The summed E-state index contributed by atoms with van der Waals surface area (Å²) in [5, 5.41) is 7.45. The summed E-state index contributed by atoms with van der Waals surface area (Å²) in [7, 11) is 0. The molecule has 0 amide bonds. The number of benzene rings is 10. The largest absolute Gasteiger partial charge is 0.228 e. The van der Waals surface area contributed by atoms with Crippen LogP contribution in [0.4, 0.5) is 0 Å². The minimum absolute atomic E-state index is 0.181. The van der Waals surface area contributed by atoms with Gasteiger partial charge in [-0.2, -0.15) is 0 Å². The summed E-state index contributed by atoms with van der Waals surface area (Å²) < 4.78 is 0. The summed E-state index contributed by atoms with van der Waals surface area (Å²) in [5.74, 6) is 0.704. The van der Waals surface area contributed by atoms with E-state index in [2.05, 4.69) is 214 Å². The van der Waals surface area contributed by atoms with E-state index in [-0.39, 0.29) is 5.41 Å². The first kappa shape index (κ1) is 36.9. The maximum Gasteiger partial charge on any atom is 0.160 e. The topological polar surface area (TPSA) is 25.8 Å². The van der Waals surface area contributed by atoms with E-state index in [1.165, 1.54) is 77.0 Å². The first-order valence-electron chi connectivity index (χ1n) is 21.8. The molecule has 11 aromatic rings. The third kappa shape index (κ3) is 6.02. The predicted molar refractivity (Wildman–Crippen MR) is 265 cm³/mol. The number of hydrogen-bond donors (Lipinski definition) is 0. The summed E-state index contributed by atoms with van der Waals surface area (Å²) in [4.78, 5) is 10.5. The van der Waals surface area contributed by atoms with Crippen LogP contribution in [0.15, 0.2) is 218 Å². The van der Waals surface area contributed by atoms with E-state index in [4.69, 9.17) is 9.97 Å². The van der Waals surface area contributed by atoms with E-state index in [9.17, 15) is 0 Å². The molecule has 0 unspecified atom stereocenters. The van der Waals surface area contributed by atoms with Crippen LogP contribution in [0.25, 0.3) is 111 Å². The van der Waals surface area contributed by atoms with E-state index >= 15 is 0 Å². The Morgan fingerprint density at radius 1 is 0.286 bits per heavy atom. The van der Waals surface area contributed by atoms with E-state index < -0.39 is 0 Å². The van der Waals surface area contributed by atoms with Gasteiger partial charge in [0.1, 0.15) is 0 Å². The molecule has 296 valence electrons. The fraction of sp³-hybridized carbons (Fsp3) is 0.0492. The minimum atomic E-state index is -0.181. The maximum atomic E-state index is 5.29. The van der Waals surface area contributed by atoms with Crippen molar-refractivity contribution in [1.29, 1.82) is 0 Å². The highest BCUT2D eigenvalue weighted by Crippen LogP contribution is 2.55. The normalized spacial score (nSPS) is 12.7. The fourth-order valence-electron chi connectivity index (χ4n) is 10.4. The summed E-state index contributed by atoms with van der Waals surface area (Å²) in [6.07, 6.45) is 0. The van der Waals surface area contributed by atoms with Crippen LogP contribution in [0.1, 0.15) is 25.0 Å². The second-order valence-corrected chi connectivity index (χ2v) is 17.2. The molecule has 1 aliphatic carbocycles. The van der Waals surface area contributed by atoms with E-state index in [0.717, 1.165) is 39.0 Å². The zero-order valence-corrected chi connectivity index (χ0v) is 35.2. The van der Waals surface area contributed by atoms with Gasteiger partial charge in [-0.05, 0) is 100 Å². The Labute approximate surface area is 367 Å². The Bertz CT molecular complexity index is 3580. The second kappa shape index (κ2) is 14.6. The fourth-order valence-corrected chi connectivity index (χ4v) is 10.4. The number of rotatable bonds is 6. The molecule has 2 heteroatoms. The first-order valence-corrected chi connectivity index (χ1v) is 21.8. The van der Waals surface area contributed by atoms with Crippen LogP contribution in [0.3, 0.4) is 0 Å². The van der Waals surface area contributed by atoms with Crippen molar-refractivity contribution in [2.75, 3.05) is 0 Å². The van der Waals surface area contributed by atoms with Gasteiger partial charge in [-0.1, -0.05) is 220 Å². The van der Waals surface area contributed by atoms with Gasteiger partial charge >= 0.3 is 0 Å². The van der Waals surface area contributed by atoms with Gasteiger partial charge < -0.3 is 0 Å².